The van der Waals surface area contributed by atoms with Gasteiger partial charge in [-0.15, -0.1) is 0 Å². The highest BCUT2D eigenvalue weighted by atomic mass is 19.1. The number of unbranched alkanes of at least 4 members (excludes halogenated alkanes) is 2. The molecule has 0 unspecified atom stereocenters. The van der Waals surface area contributed by atoms with Crippen molar-refractivity contribution in [2.45, 2.75) is 39.2 Å². The summed E-state index contributed by atoms with van der Waals surface area (Å²) >= 11 is 0. The molecule has 0 saturated heterocycles. The lowest BCUT2D eigenvalue weighted by Crippen LogP contribution is -2.13. The number of halogens is 1. The normalized spacial score (nSPS) is 10.5. The first-order valence-electron chi connectivity index (χ1n) is 7.92. The van der Waals surface area contributed by atoms with Gasteiger partial charge in [-0.05, 0) is 43.2 Å². The van der Waals surface area contributed by atoms with E-state index in [0.717, 1.165) is 31.4 Å². The first kappa shape index (κ1) is 16.9. The van der Waals surface area contributed by atoms with Crippen molar-refractivity contribution in [3.05, 3.63) is 47.5 Å². The minimum absolute atomic E-state index is 0.291. The molecule has 0 bridgehead atoms. The Bertz CT molecular complexity index is 671. The summed E-state index contributed by atoms with van der Waals surface area (Å²) in [5.41, 5.74) is 8.26. The highest BCUT2D eigenvalue weighted by molar-refractivity contribution is 5.50. The summed E-state index contributed by atoms with van der Waals surface area (Å²) in [5, 5.41) is 9.27. The van der Waals surface area contributed by atoms with Crippen molar-refractivity contribution in [2.24, 2.45) is 0 Å². The Kier molecular flexibility index (Phi) is 6.04. The zero-order valence-corrected chi connectivity index (χ0v) is 13.4. The lowest BCUT2D eigenvalue weighted by Gasteiger charge is -2.12. The van der Waals surface area contributed by atoms with Crippen molar-refractivity contribution in [2.75, 3.05) is 12.3 Å². The fourth-order valence-electron chi connectivity index (χ4n) is 2.57. The topological polar surface area (TPSA) is 64.0 Å². The van der Waals surface area contributed by atoms with E-state index in [4.69, 9.17) is 10.5 Å². The number of rotatable bonds is 8. The van der Waals surface area contributed by atoms with E-state index in [1.165, 1.54) is 12.1 Å². The molecule has 23 heavy (non-hydrogen) atoms. The fourth-order valence-corrected chi connectivity index (χ4v) is 2.57. The quantitative estimate of drug-likeness (QED) is 0.752. The summed E-state index contributed by atoms with van der Waals surface area (Å²) < 4.78 is 20.4. The second-order valence-electron chi connectivity index (χ2n) is 5.45. The summed E-state index contributed by atoms with van der Waals surface area (Å²) in [6, 6.07) is 9.80. The molecule has 1 aromatic carbocycles. The monoisotopic (exact) mass is 315 g/mol. The summed E-state index contributed by atoms with van der Waals surface area (Å²) in [4.78, 5) is 0. The van der Waals surface area contributed by atoms with Gasteiger partial charge in [-0.2, -0.15) is 5.26 Å². The Balaban J connectivity index is 2.02. The molecule has 2 N–H and O–H groups in total. The molecular weight excluding hydrogens is 293 g/mol. The van der Waals surface area contributed by atoms with Gasteiger partial charge < -0.3 is 15.0 Å². The average Bonchev–Trinajstić information content (AvgIpc) is 2.85. The van der Waals surface area contributed by atoms with Crippen LogP contribution in [-0.2, 0) is 13.0 Å². The second-order valence-corrected chi connectivity index (χ2v) is 5.45. The molecule has 2 aromatic rings. The highest BCUT2D eigenvalue weighted by Gasteiger charge is 2.12. The van der Waals surface area contributed by atoms with Crippen LogP contribution in [0.5, 0.6) is 5.75 Å². The summed E-state index contributed by atoms with van der Waals surface area (Å²) in [6.45, 7) is 3.09. The number of nitrogens with zero attached hydrogens (tertiary/aromatic N) is 2. The summed E-state index contributed by atoms with van der Waals surface area (Å²) in [6.07, 6.45) is 4.18. The molecule has 122 valence electrons. The molecule has 5 heteroatoms. The van der Waals surface area contributed by atoms with Crippen molar-refractivity contribution >= 4 is 5.69 Å². The first-order chi connectivity index (χ1) is 11.2. The van der Waals surface area contributed by atoms with E-state index < -0.39 is 0 Å². The van der Waals surface area contributed by atoms with Gasteiger partial charge in [0.1, 0.15) is 29.9 Å². The van der Waals surface area contributed by atoms with Crippen molar-refractivity contribution in [3.63, 3.8) is 0 Å². The molecule has 0 aliphatic carbocycles. The maximum absolute atomic E-state index is 12.9. The van der Waals surface area contributed by atoms with Crippen molar-refractivity contribution < 1.29 is 9.13 Å². The van der Waals surface area contributed by atoms with Crippen LogP contribution in [0.25, 0.3) is 0 Å². The lowest BCUT2D eigenvalue weighted by molar-refractivity contribution is 0.296. The summed E-state index contributed by atoms with van der Waals surface area (Å²) in [7, 11) is 0. The van der Waals surface area contributed by atoms with Crippen LogP contribution in [0.15, 0.2) is 30.3 Å². The van der Waals surface area contributed by atoms with E-state index in [-0.39, 0.29) is 5.82 Å². The van der Waals surface area contributed by atoms with Gasteiger partial charge in [0.15, 0.2) is 0 Å². The van der Waals surface area contributed by atoms with Gasteiger partial charge in [0.2, 0.25) is 0 Å². The van der Waals surface area contributed by atoms with Gasteiger partial charge in [-0.1, -0.05) is 19.8 Å². The minimum Gasteiger partial charge on any atom is -0.492 e. The molecule has 0 aliphatic rings. The first-order valence-corrected chi connectivity index (χ1v) is 7.92. The Hall–Kier alpha value is -2.48. The highest BCUT2D eigenvalue weighted by Crippen LogP contribution is 2.21. The molecule has 2 rings (SSSR count). The Labute approximate surface area is 136 Å². The molecule has 0 spiro atoms. The molecule has 0 amide bonds. The largest absolute Gasteiger partial charge is 0.492 e. The van der Waals surface area contributed by atoms with Crippen molar-refractivity contribution in [1.82, 2.24) is 4.57 Å². The van der Waals surface area contributed by atoms with E-state index in [2.05, 4.69) is 13.0 Å². The standard InChI is InChI=1S/C18H22FN3O/c1-2-3-4-5-18-17(21)12-15(13-20)22(18)10-11-23-16-8-6-14(19)7-9-16/h6-9,12H,2-5,10-11,21H2,1H3. The molecule has 0 aliphatic heterocycles. The predicted octanol–water partition coefficient (Wildman–Crippen LogP) is 3.89. The van der Waals surface area contributed by atoms with E-state index in [9.17, 15) is 9.65 Å². The molecule has 1 heterocycles. The molecule has 0 fully saturated rings. The number of nitrogen functional groups attached to an aromatic ring is 1. The zero-order chi connectivity index (χ0) is 16.7. The van der Waals surface area contributed by atoms with Crippen LogP contribution in [0, 0.1) is 17.1 Å². The molecule has 4 nitrogen and oxygen atoms in total. The molecule has 0 saturated carbocycles. The van der Waals surface area contributed by atoms with Crippen LogP contribution in [0.1, 0.15) is 37.6 Å². The number of benzene rings is 1. The minimum atomic E-state index is -0.291. The van der Waals surface area contributed by atoms with Gasteiger partial charge in [0, 0.05) is 5.69 Å². The number of nitriles is 1. The Morgan fingerprint density at radius 2 is 2.00 bits per heavy atom. The van der Waals surface area contributed by atoms with Crippen LogP contribution < -0.4 is 10.5 Å². The van der Waals surface area contributed by atoms with Gasteiger partial charge in [0.05, 0.1) is 12.2 Å². The maximum atomic E-state index is 12.9. The van der Waals surface area contributed by atoms with Crippen LogP contribution in [0.3, 0.4) is 0 Å². The van der Waals surface area contributed by atoms with E-state index >= 15 is 0 Å². The van der Waals surface area contributed by atoms with Gasteiger partial charge in [-0.3, -0.25) is 0 Å². The maximum Gasteiger partial charge on any atom is 0.123 e. The molecule has 0 radical (unpaired) electrons. The van der Waals surface area contributed by atoms with Gasteiger partial charge >= 0.3 is 0 Å². The third-order valence-corrected chi connectivity index (χ3v) is 3.77. The lowest BCUT2D eigenvalue weighted by atomic mass is 10.1. The summed E-state index contributed by atoms with van der Waals surface area (Å²) in [5.74, 6) is 0.318. The number of aromatic nitrogens is 1. The van der Waals surface area contributed by atoms with E-state index in [1.54, 1.807) is 18.2 Å². The number of nitrogens with two attached hydrogens (primary N) is 1. The number of hydrogen-bond donors (Lipinski definition) is 1. The smallest absolute Gasteiger partial charge is 0.123 e. The third-order valence-electron chi connectivity index (χ3n) is 3.77. The van der Waals surface area contributed by atoms with Crippen molar-refractivity contribution in [1.29, 1.82) is 5.26 Å². The second kappa shape index (κ2) is 8.23. The Morgan fingerprint density at radius 1 is 1.26 bits per heavy atom. The number of anilines is 1. The molecule has 1 aromatic heterocycles. The molecular formula is C18H22FN3O. The SMILES string of the molecule is CCCCCc1c(N)cc(C#N)n1CCOc1ccc(F)cc1. The Morgan fingerprint density at radius 3 is 2.65 bits per heavy atom. The number of hydrogen-bond acceptors (Lipinski definition) is 3. The number of ether oxygens (including phenoxy) is 1. The van der Waals surface area contributed by atoms with E-state index in [1.807, 2.05) is 4.57 Å². The van der Waals surface area contributed by atoms with Crippen LogP contribution in [0.4, 0.5) is 10.1 Å². The van der Waals surface area contributed by atoms with Crippen molar-refractivity contribution in [3.8, 4) is 11.8 Å². The fraction of sp³-hybridized carbons (Fsp3) is 0.389. The zero-order valence-electron chi connectivity index (χ0n) is 13.4. The van der Waals surface area contributed by atoms with Crippen LogP contribution in [0.2, 0.25) is 0 Å². The van der Waals surface area contributed by atoms with Crippen LogP contribution in [-0.4, -0.2) is 11.2 Å². The van der Waals surface area contributed by atoms with E-state index in [0.29, 0.717) is 30.3 Å². The molecule has 0 atom stereocenters. The van der Waals surface area contributed by atoms with Crippen LogP contribution >= 0.6 is 0 Å². The third kappa shape index (κ3) is 4.49. The van der Waals surface area contributed by atoms with Gasteiger partial charge in [-0.25, -0.2) is 4.39 Å². The average molecular weight is 315 g/mol. The van der Waals surface area contributed by atoms with Gasteiger partial charge in [0.25, 0.3) is 0 Å². The predicted molar refractivity (Wildman–Crippen MR) is 88.7 cm³/mol.